The number of hydrogen-bond donors (Lipinski definition) is 0. The van der Waals surface area contributed by atoms with E-state index in [9.17, 15) is 9.59 Å². The molecule has 0 aliphatic carbocycles. The molecule has 0 radical (unpaired) electrons. The van der Waals surface area contributed by atoms with E-state index < -0.39 is 0 Å². The number of rotatable bonds is 15. The Bertz CT molecular complexity index is 604. The van der Waals surface area contributed by atoms with Crippen molar-refractivity contribution in [2.75, 3.05) is 72.5 Å². The number of carbonyl (C=O) groups is 2. The molecule has 2 rings (SSSR count). The van der Waals surface area contributed by atoms with Gasteiger partial charge in [-0.2, -0.15) is 0 Å². The van der Waals surface area contributed by atoms with Gasteiger partial charge in [0.05, 0.1) is 59.3 Å². The quantitative estimate of drug-likeness (QED) is 0.363. The van der Waals surface area contributed by atoms with Crippen LogP contribution in [0.25, 0.3) is 0 Å². The molecule has 2 aliphatic rings. The lowest BCUT2D eigenvalue weighted by Crippen LogP contribution is -2.54. The first kappa shape index (κ1) is 25.5. The number of hydrogen-bond acceptors (Lipinski definition) is 6. The molecule has 8 nitrogen and oxygen atoms in total. The van der Waals surface area contributed by atoms with Crippen LogP contribution in [0.1, 0.15) is 27.2 Å². The summed E-state index contributed by atoms with van der Waals surface area (Å²) in [6.07, 6.45) is 3.63. The maximum Gasteiger partial charge on any atom is 0.251 e. The van der Waals surface area contributed by atoms with Gasteiger partial charge in [-0.25, -0.2) is 0 Å². The molecule has 0 N–H and O–H groups in total. The standard InChI is InChI=1S/C23H38N2O6/c1-19-5-6-22(27)25(19)8-10-29-12-14-31-16-15-30-13-11-28-9-7-21(26)24-17-20(18-24)23(2,3)4/h5-6,20H,1,7-18H2,2-4H3. The van der Waals surface area contributed by atoms with E-state index in [1.165, 1.54) is 6.08 Å². The molecule has 0 aromatic carbocycles. The smallest absolute Gasteiger partial charge is 0.251 e. The highest BCUT2D eigenvalue weighted by atomic mass is 16.6. The number of ether oxygens (including phenoxy) is 4. The highest BCUT2D eigenvalue weighted by Crippen LogP contribution is 2.33. The minimum atomic E-state index is -0.0528. The van der Waals surface area contributed by atoms with Gasteiger partial charge in [0, 0.05) is 31.4 Å². The van der Waals surface area contributed by atoms with Crippen molar-refractivity contribution in [3.05, 3.63) is 24.4 Å². The van der Waals surface area contributed by atoms with Gasteiger partial charge in [-0.1, -0.05) is 27.4 Å². The Balaban J connectivity index is 1.30. The fraction of sp³-hybridized carbons (Fsp3) is 0.739. The van der Waals surface area contributed by atoms with Gasteiger partial charge in [-0.3, -0.25) is 9.59 Å². The fourth-order valence-corrected chi connectivity index (χ4v) is 3.21. The topological polar surface area (TPSA) is 77.5 Å². The van der Waals surface area contributed by atoms with Gasteiger partial charge in [-0.15, -0.1) is 0 Å². The van der Waals surface area contributed by atoms with E-state index in [2.05, 4.69) is 27.4 Å². The van der Waals surface area contributed by atoms with E-state index in [0.29, 0.717) is 77.4 Å². The summed E-state index contributed by atoms with van der Waals surface area (Å²) < 4.78 is 21.8. The maximum absolute atomic E-state index is 12.1. The molecule has 0 aromatic rings. The Morgan fingerprint density at radius 2 is 1.45 bits per heavy atom. The highest BCUT2D eigenvalue weighted by Gasteiger charge is 2.37. The van der Waals surface area contributed by atoms with Crippen LogP contribution in [0.5, 0.6) is 0 Å². The summed E-state index contributed by atoms with van der Waals surface area (Å²) >= 11 is 0. The van der Waals surface area contributed by atoms with Crippen LogP contribution in [0.15, 0.2) is 24.4 Å². The number of amides is 2. The third-order valence-corrected chi connectivity index (χ3v) is 5.53. The van der Waals surface area contributed by atoms with Gasteiger partial charge in [0.2, 0.25) is 5.91 Å². The van der Waals surface area contributed by atoms with Crippen LogP contribution in [-0.4, -0.2) is 94.1 Å². The lowest BCUT2D eigenvalue weighted by atomic mass is 9.76. The van der Waals surface area contributed by atoms with Crippen LogP contribution in [0.2, 0.25) is 0 Å². The van der Waals surface area contributed by atoms with Crippen molar-refractivity contribution in [1.82, 2.24) is 9.80 Å². The summed E-state index contributed by atoms with van der Waals surface area (Å²) in [6.45, 7) is 16.4. The Kier molecular flexibility index (Phi) is 10.7. The Morgan fingerprint density at radius 1 is 0.935 bits per heavy atom. The van der Waals surface area contributed by atoms with Crippen molar-refractivity contribution in [2.24, 2.45) is 11.3 Å². The van der Waals surface area contributed by atoms with Crippen molar-refractivity contribution in [3.63, 3.8) is 0 Å². The number of carbonyl (C=O) groups excluding carboxylic acids is 2. The molecule has 176 valence electrons. The average molecular weight is 439 g/mol. The minimum absolute atomic E-state index is 0.0528. The zero-order chi connectivity index (χ0) is 22.7. The highest BCUT2D eigenvalue weighted by molar-refractivity contribution is 5.92. The molecule has 0 aromatic heterocycles. The van der Waals surface area contributed by atoms with Crippen LogP contribution in [0.4, 0.5) is 0 Å². The molecular formula is C23H38N2O6. The first-order valence-corrected chi connectivity index (χ1v) is 11.1. The average Bonchev–Trinajstić information content (AvgIpc) is 2.97. The monoisotopic (exact) mass is 438 g/mol. The van der Waals surface area contributed by atoms with Crippen molar-refractivity contribution in [1.29, 1.82) is 0 Å². The number of allylic oxidation sites excluding steroid dienone is 1. The molecule has 0 bridgehead atoms. The lowest BCUT2D eigenvalue weighted by Gasteiger charge is -2.46. The van der Waals surface area contributed by atoms with Crippen LogP contribution in [-0.2, 0) is 28.5 Å². The summed E-state index contributed by atoms with van der Waals surface area (Å²) in [5.41, 5.74) is 0.965. The van der Waals surface area contributed by atoms with E-state index in [4.69, 9.17) is 18.9 Å². The molecule has 2 amide bonds. The van der Waals surface area contributed by atoms with Gasteiger partial charge in [0.25, 0.3) is 5.91 Å². The molecule has 0 spiro atoms. The lowest BCUT2D eigenvalue weighted by molar-refractivity contribution is -0.141. The molecule has 0 unspecified atom stereocenters. The second-order valence-electron chi connectivity index (χ2n) is 8.88. The van der Waals surface area contributed by atoms with Gasteiger partial charge >= 0.3 is 0 Å². The van der Waals surface area contributed by atoms with E-state index in [-0.39, 0.29) is 17.2 Å². The molecule has 31 heavy (non-hydrogen) atoms. The zero-order valence-corrected chi connectivity index (χ0v) is 19.3. The molecule has 1 fully saturated rings. The predicted molar refractivity (Wildman–Crippen MR) is 117 cm³/mol. The molecule has 2 heterocycles. The van der Waals surface area contributed by atoms with E-state index in [0.717, 1.165) is 13.1 Å². The van der Waals surface area contributed by atoms with Crippen molar-refractivity contribution in [2.45, 2.75) is 27.2 Å². The van der Waals surface area contributed by atoms with Crippen molar-refractivity contribution in [3.8, 4) is 0 Å². The first-order valence-electron chi connectivity index (χ1n) is 11.1. The molecular weight excluding hydrogens is 400 g/mol. The SMILES string of the molecule is C=C1C=CC(=O)N1CCOCCOCCOCCOCCC(=O)N1CC(C(C)(C)C)C1. The Hall–Kier alpha value is -1.74. The summed E-state index contributed by atoms with van der Waals surface area (Å²) in [4.78, 5) is 27.1. The summed E-state index contributed by atoms with van der Waals surface area (Å²) in [7, 11) is 0. The second-order valence-corrected chi connectivity index (χ2v) is 8.88. The van der Waals surface area contributed by atoms with Gasteiger partial charge < -0.3 is 28.7 Å². The minimum Gasteiger partial charge on any atom is -0.379 e. The largest absolute Gasteiger partial charge is 0.379 e. The summed E-state index contributed by atoms with van der Waals surface area (Å²) in [5.74, 6) is 0.715. The van der Waals surface area contributed by atoms with Gasteiger partial charge in [0.1, 0.15) is 0 Å². The van der Waals surface area contributed by atoms with Crippen LogP contribution >= 0.6 is 0 Å². The first-order chi connectivity index (χ1) is 14.8. The van der Waals surface area contributed by atoms with Gasteiger partial charge in [-0.05, 0) is 17.4 Å². The van der Waals surface area contributed by atoms with Crippen LogP contribution in [0, 0.1) is 11.3 Å². The molecule has 1 saturated heterocycles. The van der Waals surface area contributed by atoms with E-state index in [1.807, 2.05) is 4.90 Å². The third-order valence-electron chi connectivity index (χ3n) is 5.53. The molecule has 8 heteroatoms. The fourth-order valence-electron chi connectivity index (χ4n) is 3.21. The van der Waals surface area contributed by atoms with E-state index >= 15 is 0 Å². The van der Waals surface area contributed by atoms with Crippen LogP contribution in [0.3, 0.4) is 0 Å². The van der Waals surface area contributed by atoms with Crippen molar-refractivity contribution < 1.29 is 28.5 Å². The molecule has 2 aliphatic heterocycles. The summed E-state index contributed by atoms with van der Waals surface area (Å²) in [5, 5.41) is 0. The van der Waals surface area contributed by atoms with Crippen molar-refractivity contribution >= 4 is 11.8 Å². The second kappa shape index (κ2) is 13.0. The third kappa shape index (κ3) is 9.11. The maximum atomic E-state index is 12.1. The Labute approximate surface area is 186 Å². The summed E-state index contributed by atoms with van der Waals surface area (Å²) in [6, 6.07) is 0. The molecule has 0 saturated carbocycles. The van der Waals surface area contributed by atoms with Crippen LogP contribution < -0.4 is 0 Å². The predicted octanol–water partition coefficient (Wildman–Crippen LogP) is 1.86. The zero-order valence-electron chi connectivity index (χ0n) is 19.3. The number of nitrogens with zero attached hydrogens (tertiary/aromatic N) is 2. The molecule has 0 atom stereocenters. The van der Waals surface area contributed by atoms with E-state index in [1.54, 1.807) is 11.0 Å². The Morgan fingerprint density at radius 3 is 1.94 bits per heavy atom. The normalized spacial score (nSPS) is 17.0. The number of likely N-dealkylation sites (tertiary alicyclic amines) is 1. The van der Waals surface area contributed by atoms with Gasteiger partial charge in [0.15, 0.2) is 0 Å².